The summed E-state index contributed by atoms with van der Waals surface area (Å²) in [6.07, 6.45) is 7.43. The number of nitrogens with zero attached hydrogens (tertiary/aromatic N) is 2. The van der Waals surface area contributed by atoms with Crippen LogP contribution in [-0.4, -0.2) is 14.6 Å². The van der Waals surface area contributed by atoms with E-state index in [9.17, 15) is 4.79 Å². The van der Waals surface area contributed by atoms with Crippen LogP contribution in [0, 0.1) is 0 Å². The van der Waals surface area contributed by atoms with E-state index in [0.717, 1.165) is 16.8 Å². The quantitative estimate of drug-likeness (QED) is 0.747. The summed E-state index contributed by atoms with van der Waals surface area (Å²) in [5, 5.41) is 2.97. The third-order valence-corrected chi connectivity index (χ3v) is 3.36. The second-order valence-corrected chi connectivity index (χ2v) is 4.65. The molecule has 3 aromatic heterocycles. The molecule has 0 unspecified atom stereocenters. The number of rotatable bonds is 2. The van der Waals surface area contributed by atoms with Gasteiger partial charge in [-0.3, -0.25) is 9.89 Å². The van der Waals surface area contributed by atoms with Crippen molar-refractivity contribution >= 4 is 5.65 Å². The van der Waals surface area contributed by atoms with Gasteiger partial charge in [0, 0.05) is 23.4 Å². The van der Waals surface area contributed by atoms with Gasteiger partial charge in [-0.25, -0.2) is 9.50 Å². The minimum absolute atomic E-state index is 0.0944. The molecule has 18 heavy (non-hydrogen) atoms. The van der Waals surface area contributed by atoms with Gasteiger partial charge in [0.2, 0.25) is 0 Å². The van der Waals surface area contributed by atoms with Gasteiger partial charge in [0.1, 0.15) is 0 Å². The number of fused-ring (bicyclic) bond motifs is 1. The summed E-state index contributed by atoms with van der Waals surface area (Å²) in [7, 11) is 0. The lowest BCUT2D eigenvalue weighted by molar-refractivity contribution is 0.568. The molecular weight excluding hydrogens is 230 g/mol. The van der Waals surface area contributed by atoms with E-state index in [1.807, 2.05) is 12.3 Å². The van der Waals surface area contributed by atoms with Crippen molar-refractivity contribution in [1.82, 2.24) is 14.6 Å². The van der Waals surface area contributed by atoms with E-state index in [0.29, 0.717) is 11.6 Å². The molecule has 0 amide bonds. The highest BCUT2D eigenvalue weighted by Crippen LogP contribution is 2.41. The van der Waals surface area contributed by atoms with Gasteiger partial charge in [-0.2, -0.15) is 0 Å². The van der Waals surface area contributed by atoms with Crippen molar-refractivity contribution in [3.05, 3.63) is 46.8 Å². The Morgan fingerprint density at radius 3 is 3.06 bits per heavy atom. The second kappa shape index (κ2) is 3.35. The van der Waals surface area contributed by atoms with Gasteiger partial charge in [0.15, 0.2) is 5.65 Å². The molecule has 0 radical (unpaired) electrons. The van der Waals surface area contributed by atoms with Gasteiger partial charge >= 0.3 is 0 Å². The molecule has 1 N–H and O–H groups in total. The van der Waals surface area contributed by atoms with E-state index in [1.54, 1.807) is 12.5 Å². The maximum atomic E-state index is 12.0. The van der Waals surface area contributed by atoms with E-state index in [2.05, 4.69) is 10.1 Å². The minimum atomic E-state index is -0.0944. The van der Waals surface area contributed by atoms with Crippen molar-refractivity contribution in [3.8, 4) is 11.3 Å². The zero-order valence-corrected chi connectivity index (χ0v) is 9.59. The Morgan fingerprint density at radius 2 is 2.33 bits per heavy atom. The maximum absolute atomic E-state index is 12.0. The minimum Gasteiger partial charge on any atom is -0.472 e. The standard InChI is InChI=1S/C13H11N3O2/c17-12-5-11(9-3-4-18-7-9)15-13-10(8-1-2-8)6-14-16(12)13/h3-8,14H,1-2H2. The highest BCUT2D eigenvalue weighted by molar-refractivity contribution is 5.62. The van der Waals surface area contributed by atoms with Crippen molar-refractivity contribution in [3.63, 3.8) is 0 Å². The van der Waals surface area contributed by atoms with Crippen LogP contribution in [0.3, 0.4) is 0 Å². The molecule has 3 heterocycles. The van der Waals surface area contributed by atoms with Gasteiger partial charge in [0.05, 0.1) is 18.2 Å². The molecule has 0 aromatic carbocycles. The van der Waals surface area contributed by atoms with E-state index in [1.165, 1.54) is 23.4 Å². The number of H-pyrrole nitrogens is 1. The van der Waals surface area contributed by atoms with Crippen LogP contribution in [0.1, 0.15) is 24.3 Å². The number of hydrogen-bond donors (Lipinski definition) is 1. The van der Waals surface area contributed by atoms with Crippen LogP contribution in [0.15, 0.2) is 40.1 Å². The van der Waals surface area contributed by atoms with Crippen LogP contribution in [0.4, 0.5) is 0 Å². The van der Waals surface area contributed by atoms with E-state index < -0.39 is 0 Å². The molecule has 3 aromatic rings. The van der Waals surface area contributed by atoms with Crippen LogP contribution in [0.2, 0.25) is 0 Å². The first-order valence-corrected chi connectivity index (χ1v) is 5.96. The molecule has 1 saturated carbocycles. The molecule has 1 aliphatic carbocycles. The Labute approximate surface area is 102 Å². The number of aromatic nitrogens is 3. The summed E-state index contributed by atoms with van der Waals surface area (Å²) in [6.45, 7) is 0. The molecule has 0 spiro atoms. The summed E-state index contributed by atoms with van der Waals surface area (Å²) in [5.41, 5.74) is 3.27. The molecule has 0 saturated heterocycles. The zero-order valence-electron chi connectivity index (χ0n) is 9.59. The van der Waals surface area contributed by atoms with Crippen LogP contribution in [0.5, 0.6) is 0 Å². The Kier molecular flexibility index (Phi) is 1.81. The van der Waals surface area contributed by atoms with Gasteiger partial charge in [-0.05, 0) is 24.8 Å². The van der Waals surface area contributed by atoms with Crippen LogP contribution >= 0.6 is 0 Å². The lowest BCUT2D eigenvalue weighted by Crippen LogP contribution is -2.14. The largest absolute Gasteiger partial charge is 0.472 e. The predicted octanol–water partition coefficient (Wildman–Crippen LogP) is 2.16. The predicted molar refractivity (Wildman–Crippen MR) is 65.5 cm³/mol. The lowest BCUT2D eigenvalue weighted by atomic mass is 10.2. The highest BCUT2D eigenvalue weighted by Gasteiger charge is 2.27. The number of aromatic amines is 1. The average Bonchev–Trinajstić information content (AvgIpc) is 2.93. The summed E-state index contributed by atoms with van der Waals surface area (Å²) >= 11 is 0. The molecule has 5 heteroatoms. The van der Waals surface area contributed by atoms with Crippen LogP contribution < -0.4 is 5.56 Å². The highest BCUT2D eigenvalue weighted by atomic mass is 16.3. The van der Waals surface area contributed by atoms with Gasteiger partial charge < -0.3 is 4.42 Å². The third kappa shape index (κ3) is 1.33. The van der Waals surface area contributed by atoms with Crippen molar-refractivity contribution in [2.24, 2.45) is 0 Å². The third-order valence-electron chi connectivity index (χ3n) is 3.36. The van der Waals surface area contributed by atoms with Crippen molar-refractivity contribution in [1.29, 1.82) is 0 Å². The van der Waals surface area contributed by atoms with E-state index >= 15 is 0 Å². The molecule has 4 rings (SSSR count). The smallest absolute Gasteiger partial charge is 0.273 e. The van der Waals surface area contributed by atoms with Crippen LogP contribution in [-0.2, 0) is 0 Å². The first kappa shape index (κ1) is 9.70. The fourth-order valence-corrected chi connectivity index (χ4v) is 2.25. The Morgan fingerprint density at radius 1 is 1.44 bits per heavy atom. The Balaban J connectivity index is 2.01. The summed E-state index contributed by atoms with van der Waals surface area (Å²) < 4.78 is 6.53. The van der Waals surface area contributed by atoms with Crippen molar-refractivity contribution in [2.45, 2.75) is 18.8 Å². The molecule has 1 aliphatic rings. The topological polar surface area (TPSA) is 63.3 Å². The van der Waals surface area contributed by atoms with Gasteiger partial charge in [-0.15, -0.1) is 0 Å². The van der Waals surface area contributed by atoms with E-state index in [4.69, 9.17) is 4.42 Å². The fourth-order valence-electron chi connectivity index (χ4n) is 2.25. The molecule has 5 nitrogen and oxygen atoms in total. The monoisotopic (exact) mass is 241 g/mol. The Bertz CT molecular complexity index is 763. The molecular formula is C13H11N3O2. The second-order valence-electron chi connectivity index (χ2n) is 4.65. The molecule has 0 aliphatic heterocycles. The molecule has 0 bridgehead atoms. The summed E-state index contributed by atoms with van der Waals surface area (Å²) in [5.74, 6) is 0.553. The van der Waals surface area contributed by atoms with Crippen LogP contribution in [0.25, 0.3) is 16.9 Å². The van der Waals surface area contributed by atoms with Gasteiger partial charge in [-0.1, -0.05) is 0 Å². The number of hydrogen-bond acceptors (Lipinski definition) is 3. The first-order valence-electron chi connectivity index (χ1n) is 5.96. The SMILES string of the molecule is O=c1cc(-c2ccoc2)nc2c(C3CC3)c[nH]n12. The number of furan rings is 1. The van der Waals surface area contributed by atoms with Crippen molar-refractivity contribution < 1.29 is 4.42 Å². The fraction of sp³-hybridized carbons (Fsp3) is 0.231. The number of nitrogens with one attached hydrogen (secondary N) is 1. The molecule has 0 atom stereocenters. The normalized spacial score (nSPS) is 15.3. The summed E-state index contributed by atoms with van der Waals surface area (Å²) in [6, 6.07) is 3.33. The maximum Gasteiger partial charge on any atom is 0.273 e. The van der Waals surface area contributed by atoms with Crippen molar-refractivity contribution in [2.75, 3.05) is 0 Å². The Hall–Kier alpha value is -2.30. The lowest BCUT2D eigenvalue weighted by Gasteiger charge is -1.99. The van der Waals surface area contributed by atoms with E-state index in [-0.39, 0.29) is 5.56 Å². The summed E-state index contributed by atoms with van der Waals surface area (Å²) in [4.78, 5) is 16.6. The average molecular weight is 241 g/mol. The zero-order chi connectivity index (χ0) is 12.1. The molecule has 90 valence electrons. The van der Waals surface area contributed by atoms with Gasteiger partial charge in [0.25, 0.3) is 5.56 Å². The molecule has 1 fully saturated rings. The first-order chi connectivity index (χ1) is 8.83.